The van der Waals surface area contributed by atoms with Gasteiger partial charge in [-0.2, -0.15) is 5.26 Å². The molecule has 2 aromatic rings. The van der Waals surface area contributed by atoms with E-state index in [0.717, 1.165) is 23.9 Å². The smallest absolute Gasteiger partial charge is 0.146 e. The molecular formula is C13H9F2N3S. The van der Waals surface area contributed by atoms with Crippen LogP contribution >= 0.6 is 11.3 Å². The Hall–Kier alpha value is -2.26. The van der Waals surface area contributed by atoms with Gasteiger partial charge in [-0.15, -0.1) is 11.3 Å². The maximum atomic E-state index is 13.4. The molecule has 0 aliphatic rings. The van der Waals surface area contributed by atoms with Crippen LogP contribution in [0.3, 0.4) is 0 Å². The van der Waals surface area contributed by atoms with E-state index in [4.69, 9.17) is 5.26 Å². The highest BCUT2D eigenvalue weighted by atomic mass is 32.1. The lowest BCUT2D eigenvalue weighted by Gasteiger charge is -2.03. The molecule has 0 aliphatic heterocycles. The summed E-state index contributed by atoms with van der Waals surface area (Å²) in [5, 5.41) is 14.0. The molecule has 6 heteroatoms. The highest BCUT2D eigenvalue weighted by Crippen LogP contribution is 2.20. The van der Waals surface area contributed by atoms with Gasteiger partial charge in [0.25, 0.3) is 0 Å². The molecule has 96 valence electrons. The Balaban J connectivity index is 2.25. The number of aromatic nitrogens is 1. The summed E-state index contributed by atoms with van der Waals surface area (Å²) in [6.45, 7) is 1.81. The molecule has 0 spiro atoms. The Morgan fingerprint density at radius 1 is 1.47 bits per heavy atom. The molecule has 19 heavy (non-hydrogen) atoms. The number of nitrogens with zero attached hydrogens (tertiary/aromatic N) is 2. The van der Waals surface area contributed by atoms with Crippen molar-refractivity contribution in [2.75, 3.05) is 5.32 Å². The predicted octanol–water partition coefficient (Wildman–Crippen LogP) is 3.71. The van der Waals surface area contributed by atoms with Gasteiger partial charge in [-0.25, -0.2) is 13.8 Å². The minimum atomic E-state index is -0.592. The summed E-state index contributed by atoms with van der Waals surface area (Å²) in [5.41, 5.74) is 1.04. The summed E-state index contributed by atoms with van der Waals surface area (Å²) in [6.07, 6.45) is 1.32. The van der Waals surface area contributed by atoms with Crippen LogP contribution in [0.15, 0.2) is 29.8 Å². The van der Waals surface area contributed by atoms with Crippen LogP contribution in [0.1, 0.15) is 10.7 Å². The maximum absolute atomic E-state index is 13.4. The lowest BCUT2D eigenvalue weighted by molar-refractivity contribution is 0.603. The van der Waals surface area contributed by atoms with E-state index in [2.05, 4.69) is 10.3 Å². The molecule has 3 nitrogen and oxygen atoms in total. The van der Waals surface area contributed by atoms with Crippen LogP contribution in [-0.4, -0.2) is 4.98 Å². The number of nitriles is 1. The van der Waals surface area contributed by atoms with E-state index in [1.54, 1.807) is 0 Å². The molecule has 0 radical (unpaired) electrons. The van der Waals surface area contributed by atoms with Crippen molar-refractivity contribution in [1.82, 2.24) is 4.98 Å². The number of anilines is 1. The molecule has 1 N–H and O–H groups in total. The third kappa shape index (κ3) is 3.14. The Kier molecular flexibility index (Phi) is 3.88. The van der Waals surface area contributed by atoms with Crippen LogP contribution in [0.2, 0.25) is 0 Å². The van der Waals surface area contributed by atoms with Gasteiger partial charge in [0.1, 0.15) is 28.3 Å². The van der Waals surface area contributed by atoms with Gasteiger partial charge >= 0.3 is 0 Å². The van der Waals surface area contributed by atoms with E-state index in [1.165, 1.54) is 17.5 Å². The molecular weight excluding hydrogens is 268 g/mol. The number of aryl methyl sites for hydroxylation is 1. The molecule has 0 aliphatic carbocycles. The van der Waals surface area contributed by atoms with Crippen molar-refractivity contribution in [3.63, 3.8) is 0 Å². The average molecular weight is 277 g/mol. The van der Waals surface area contributed by atoms with Crippen LogP contribution < -0.4 is 5.32 Å². The summed E-state index contributed by atoms with van der Waals surface area (Å²) >= 11 is 1.31. The highest BCUT2D eigenvalue weighted by Gasteiger charge is 2.07. The van der Waals surface area contributed by atoms with E-state index in [1.807, 2.05) is 18.4 Å². The van der Waals surface area contributed by atoms with E-state index in [0.29, 0.717) is 5.01 Å². The van der Waals surface area contributed by atoms with Crippen LogP contribution in [0, 0.1) is 29.9 Å². The lowest BCUT2D eigenvalue weighted by atomic mass is 10.3. The summed E-state index contributed by atoms with van der Waals surface area (Å²) < 4.78 is 26.4. The average Bonchev–Trinajstić information content (AvgIpc) is 2.81. The quantitative estimate of drug-likeness (QED) is 0.870. The second kappa shape index (κ2) is 5.59. The van der Waals surface area contributed by atoms with Gasteiger partial charge in [-0.05, 0) is 19.1 Å². The van der Waals surface area contributed by atoms with Gasteiger partial charge in [0.05, 0.1) is 5.69 Å². The van der Waals surface area contributed by atoms with Crippen LogP contribution in [-0.2, 0) is 0 Å². The number of thiazole rings is 1. The second-order valence-electron chi connectivity index (χ2n) is 3.73. The van der Waals surface area contributed by atoms with Gasteiger partial charge in [-0.3, -0.25) is 0 Å². The highest BCUT2D eigenvalue weighted by molar-refractivity contribution is 7.10. The number of nitrogens with one attached hydrogen (secondary N) is 1. The minimum Gasteiger partial charge on any atom is -0.358 e. The molecule has 0 saturated heterocycles. The second-order valence-corrected chi connectivity index (χ2v) is 4.59. The van der Waals surface area contributed by atoms with Gasteiger partial charge in [-0.1, -0.05) is 0 Å². The Bertz CT molecular complexity index is 671. The summed E-state index contributed by atoms with van der Waals surface area (Å²) in [5.74, 6) is -1.15. The number of allylic oxidation sites excluding steroid dienone is 1. The molecule has 1 aromatic carbocycles. The SMILES string of the molecule is Cc1csc(/C(C#N)=C/Nc2cc(F)ccc2F)n1. The number of rotatable bonds is 3. The van der Waals surface area contributed by atoms with E-state index < -0.39 is 11.6 Å². The van der Waals surface area contributed by atoms with Crippen molar-refractivity contribution in [3.05, 3.63) is 52.1 Å². The van der Waals surface area contributed by atoms with Crippen molar-refractivity contribution in [3.8, 4) is 6.07 Å². The number of hydrogen-bond acceptors (Lipinski definition) is 4. The first-order valence-electron chi connectivity index (χ1n) is 5.34. The summed E-state index contributed by atoms with van der Waals surface area (Å²) in [4.78, 5) is 4.15. The van der Waals surface area contributed by atoms with E-state index in [9.17, 15) is 8.78 Å². The molecule has 1 aromatic heterocycles. The fourth-order valence-electron chi connectivity index (χ4n) is 1.38. The molecule has 1 heterocycles. The lowest BCUT2D eigenvalue weighted by Crippen LogP contribution is -1.95. The summed E-state index contributed by atoms with van der Waals surface area (Å²) in [6, 6.07) is 5.03. The Morgan fingerprint density at radius 2 is 2.26 bits per heavy atom. The fraction of sp³-hybridized carbons (Fsp3) is 0.0769. The largest absolute Gasteiger partial charge is 0.358 e. The third-order valence-corrected chi connectivity index (χ3v) is 3.26. The standard InChI is InChI=1S/C13H9F2N3S/c1-8-7-19-13(18-8)9(5-16)6-17-12-4-10(14)2-3-11(12)15/h2-4,6-7,17H,1H3/b9-6+. The van der Waals surface area contributed by atoms with E-state index >= 15 is 0 Å². The molecule has 0 amide bonds. The topological polar surface area (TPSA) is 48.7 Å². The maximum Gasteiger partial charge on any atom is 0.146 e. The zero-order valence-electron chi connectivity index (χ0n) is 9.95. The first-order valence-corrected chi connectivity index (χ1v) is 6.22. The van der Waals surface area contributed by atoms with Crippen LogP contribution in [0.4, 0.5) is 14.5 Å². The third-order valence-electron chi connectivity index (χ3n) is 2.27. The monoisotopic (exact) mass is 277 g/mol. The molecule has 0 bridgehead atoms. The number of benzene rings is 1. The first kappa shape index (κ1) is 13.2. The number of hydrogen-bond donors (Lipinski definition) is 1. The first-order chi connectivity index (χ1) is 9.10. The zero-order chi connectivity index (χ0) is 13.8. The summed E-state index contributed by atoms with van der Waals surface area (Å²) in [7, 11) is 0. The van der Waals surface area contributed by atoms with E-state index in [-0.39, 0.29) is 11.3 Å². The van der Waals surface area contributed by atoms with Crippen molar-refractivity contribution in [1.29, 1.82) is 5.26 Å². The van der Waals surface area contributed by atoms with Crippen molar-refractivity contribution >= 4 is 22.6 Å². The zero-order valence-corrected chi connectivity index (χ0v) is 10.8. The molecule has 0 atom stereocenters. The van der Waals surface area contributed by atoms with Gasteiger partial charge in [0.2, 0.25) is 0 Å². The number of halogens is 2. The van der Waals surface area contributed by atoms with Crippen LogP contribution in [0.25, 0.3) is 5.57 Å². The van der Waals surface area contributed by atoms with Crippen molar-refractivity contribution < 1.29 is 8.78 Å². The Labute approximate surface area is 112 Å². The van der Waals surface area contributed by atoms with Gasteiger partial charge in [0.15, 0.2) is 0 Å². The molecule has 0 saturated carbocycles. The van der Waals surface area contributed by atoms with Gasteiger partial charge < -0.3 is 5.32 Å². The molecule has 0 unspecified atom stereocenters. The Morgan fingerprint density at radius 3 is 2.89 bits per heavy atom. The van der Waals surface area contributed by atoms with Crippen LogP contribution in [0.5, 0.6) is 0 Å². The van der Waals surface area contributed by atoms with Gasteiger partial charge in [0, 0.05) is 23.3 Å². The predicted molar refractivity (Wildman–Crippen MR) is 70.4 cm³/mol. The normalized spacial score (nSPS) is 11.2. The minimum absolute atomic E-state index is 0.0268. The fourth-order valence-corrected chi connectivity index (χ4v) is 2.14. The molecule has 2 rings (SSSR count). The molecule has 0 fully saturated rings. The van der Waals surface area contributed by atoms with Crippen molar-refractivity contribution in [2.45, 2.75) is 6.92 Å². The van der Waals surface area contributed by atoms with Crippen molar-refractivity contribution in [2.24, 2.45) is 0 Å².